The number of benzene rings is 2. The molecular weight excluding hydrogens is 302 g/mol. The fraction of sp³-hybridized carbons (Fsp3) is 0.350. The summed E-state index contributed by atoms with van der Waals surface area (Å²) in [5.41, 5.74) is 1.93. The molecule has 2 rings (SSSR count). The lowest BCUT2D eigenvalue weighted by atomic mass is 9.99. The first-order valence-corrected chi connectivity index (χ1v) is 8.38. The van der Waals surface area contributed by atoms with Gasteiger partial charge in [-0.2, -0.15) is 0 Å². The van der Waals surface area contributed by atoms with Crippen LogP contribution < -0.4 is 14.8 Å². The molecule has 0 saturated carbocycles. The Bertz CT molecular complexity index is 652. The molecule has 0 heterocycles. The number of amides is 1. The summed E-state index contributed by atoms with van der Waals surface area (Å²) in [6.07, 6.45) is 1.10. The van der Waals surface area contributed by atoms with Crippen molar-refractivity contribution in [1.82, 2.24) is 0 Å². The Morgan fingerprint density at radius 3 is 2.42 bits per heavy atom. The molecule has 0 aliphatic carbocycles. The zero-order valence-corrected chi connectivity index (χ0v) is 14.5. The number of carbonyl (C=O) groups is 1. The number of anilines is 1. The van der Waals surface area contributed by atoms with Crippen molar-refractivity contribution in [2.45, 2.75) is 33.1 Å². The summed E-state index contributed by atoms with van der Waals surface area (Å²) in [6, 6.07) is 15.3. The van der Waals surface area contributed by atoms with E-state index in [1.165, 1.54) is 5.56 Å². The Kier molecular flexibility index (Phi) is 6.67. The van der Waals surface area contributed by atoms with E-state index in [1.54, 1.807) is 0 Å². The minimum absolute atomic E-state index is 0.0386. The third-order valence-corrected chi connectivity index (χ3v) is 3.89. The SMILES string of the molecule is CCOc1ccccc1NC(=O)COc1ccc([C@@H](C)CC)cc1. The van der Waals surface area contributed by atoms with E-state index in [1.807, 2.05) is 55.5 Å². The van der Waals surface area contributed by atoms with Crippen molar-refractivity contribution >= 4 is 11.6 Å². The highest BCUT2D eigenvalue weighted by atomic mass is 16.5. The Morgan fingerprint density at radius 2 is 1.75 bits per heavy atom. The van der Waals surface area contributed by atoms with Crippen LogP contribution in [0.25, 0.3) is 0 Å². The Hall–Kier alpha value is -2.49. The zero-order chi connectivity index (χ0) is 17.4. The summed E-state index contributed by atoms with van der Waals surface area (Å²) >= 11 is 0. The number of hydrogen-bond acceptors (Lipinski definition) is 3. The average Bonchev–Trinajstić information content (AvgIpc) is 2.61. The van der Waals surface area contributed by atoms with Crippen molar-refractivity contribution in [1.29, 1.82) is 0 Å². The van der Waals surface area contributed by atoms with E-state index >= 15 is 0 Å². The van der Waals surface area contributed by atoms with Gasteiger partial charge in [-0.25, -0.2) is 0 Å². The number of rotatable bonds is 8. The standard InChI is InChI=1S/C20H25NO3/c1-4-15(3)16-10-12-17(13-11-16)24-14-20(22)21-18-8-6-7-9-19(18)23-5-2/h6-13,15H,4-5,14H2,1-3H3,(H,21,22)/t15-/m0/s1. The highest BCUT2D eigenvalue weighted by Gasteiger charge is 2.08. The summed E-state index contributed by atoms with van der Waals surface area (Å²) in [7, 11) is 0. The van der Waals surface area contributed by atoms with E-state index in [4.69, 9.17) is 9.47 Å². The molecule has 1 amide bonds. The van der Waals surface area contributed by atoms with Crippen LogP contribution in [-0.2, 0) is 4.79 Å². The van der Waals surface area contributed by atoms with Gasteiger partial charge in [-0.1, -0.05) is 38.1 Å². The lowest BCUT2D eigenvalue weighted by molar-refractivity contribution is -0.118. The minimum atomic E-state index is -0.215. The summed E-state index contributed by atoms with van der Waals surface area (Å²) in [6.45, 7) is 6.78. The molecule has 0 bridgehead atoms. The van der Waals surface area contributed by atoms with Gasteiger partial charge in [0.15, 0.2) is 6.61 Å². The van der Waals surface area contributed by atoms with Crippen molar-refractivity contribution < 1.29 is 14.3 Å². The molecule has 4 nitrogen and oxygen atoms in total. The van der Waals surface area contributed by atoms with Crippen LogP contribution in [0.5, 0.6) is 11.5 Å². The van der Waals surface area contributed by atoms with Crippen molar-refractivity contribution in [3.05, 3.63) is 54.1 Å². The largest absolute Gasteiger partial charge is 0.492 e. The molecule has 1 atom stereocenters. The summed E-state index contributed by atoms with van der Waals surface area (Å²) in [5, 5.41) is 2.82. The quantitative estimate of drug-likeness (QED) is 0.770. The first kappa shape index (κ1) is 17.9. The summed E-state index contributed by atoms with van der Waals surface area (Å²) in [5.74, 6) is 1.66. The van der Waals surface area contributed by atoms with Gasteiger partial charge in [0, 0.05) is 0 Å². The Labute approximate surface area is 143 Å². The molecule has 0 saturated heterocycles. The highest BCUT2D eigenvalue weighted by molar-refractivity contribution is 5.93. The van der Waals surface area contributed by atoms with Crippen LogP contribution in [0.4, 0.5) is 5.69 Å². The van der Waals surface area contributed by atoms with E-state index in [2.05, 4.69) is 19.2 Å². The average molecular weight is 327 g/mol. The van der Waals surface area contributed by atoms with Crippen LogP contribution in [0, 0.1) is 0 Å². The fourth-order valence-electron chi connectivity index (χ4n) is 2.31. The molecule has 1 N–H and O–H groups in total. The molecule has 2 aromatic rings. The van der Waals surface area contributed by atoms with Crippen LogP contribution in [-0.4, -0.2) is 19.1 Å². The van der Waals surface area contributed by atoms with Crippen LogP contribution in [0.2, 0.25) is 0 Å². The molecule has 0 aromatic heterocycles. The summed E-state index contributed by atoms with van der Waals surface area (Å²) in [4.78, 5) is 12.1. The fourth-order valence-corrected chi connectivity index (χ4v) is 2.31. The Balaban J connectivity index is 1.89. The third-order valence-electron chi connectivity index (χ3n) is 3.89. The number of hydrogen-bond donors (Lipinski definition) is 1. The maximum absolute atomic E-state index is 12.1. The monoisotopic (exact) mass is 327 g/mol. The van der Waals surface area contributed by atoms with Gasteiger partial charge in [0.2, 0.25) is 0 Å². The lowest BCUT2D eigenvalue weighted by Crippen LogP contribution is -2.20. The number of ether oxygens (including phenoxy) is 2. The maximum atomic E-state index is 12.1. The van der Waals surface area contributed by atoms with E-state index in [0.29, 0.717) is 29.7 Å². The number of nitrogens with one attached hydrogen (secondary N) is 1. The molecule has 128 valence electrons. The Morgan fingerprint density at radius 1 is 1.04 bits per heavy atom. The molecule has 0 aliphatic heterocycles. The van der Waals surface area contributed by atoms with Crippen LogP contribution in [0.3, 0.4) is 0 Å². The zero-order valence-electron chi connectivity index (χ0n) is 14.5. The van der Waals surface area contributed by atoms with Crippen LogP contribution in [0.1, 0.15) is 38.7 Å². The third kappa shape index (κ3) is 5.01. The van der Waals surface area contributed by atoms with Gasteiger partial charge < -0.3 is 14.8 Å². The molecule has 0 spiro atoms. The molecule has 0 aliphatic rings. The topological polar surface area (TPSA) is 47.6 Å². The number of para-hydroxylation sites is 2. The molecule has 24 heavy (non-hydrogen) atoms. The first-order valence-electron chi connectivity index (χ1n) is 8.38. The van der Waals surface area contributed by atoms with Crippen LogP contribution >= 0.6 is 0 Å². The molecule has 0 fully saturated rings. The van der Waals surface area contributed by atoms with E-state index in [9.17, 15) is 4.79 Å². The molecule has 0 unspecified atom stereocenters. The lowest BCUT2D eigenvalue weighted by Gasteiger charge is -2.12. The van der Waals surface area contributed by atoms with Gasteiger partial charge >= 0.3 is 0 Å². The molecule has 0 radical (unpaired) electrons. The first-order chi connectivity index (χ1) is 11.6. The predicted octanol–water partition coefficient (Wildman–Crippen LogP) is 4.62. The van der Waals surface area contributed by atoms with E-state index in [-0.39, 0.29) is 12.5 Å². The highest BCUT2D eigenvalue weighted by Crippen LogP contribution is 2.24. The normalized spacial score (nSPS) is 11.6. The molecule has 4 heteroatoms. The van der Waals surface area contributed by atoms with Gasteiger partial charge in [-0.05, 0) is 49.1 Å². The molecular formula is C20H25NO3. The van der Waals surface area contributed by atoms with Crippen molar-refractivity contribution in [2.24, 2.45) is 0 Å². The van der Waals surface area contributed by atoms with E-state index in [0.717, 1.165) is 6.42 Å². The number of carbonyl (C=O) groups excluding carboxylic acids is 1. The minimum Gasteiger partial charge on any atom is -0.492 e. The second kappa shape index (κ2) is 8.96. The van der Waals surface area contributed by atoms with Crippen LogP contribution in [0.15, 0.2) is 48.5 Å². The second-order valence-electron chi connectivity index (χ2n) is 5.64. The van der Waals surface area contributed by atoms with Crippen molar-refractivity contribution in [3.63, 3.8) is 0 Å². The van der Waals surface area contributed by atoms with Crippen molar-refractivity contribution in [2.75, 3.05) is 18.5 Å². The van der Waals surface area contributed by atoms with Crippen molar-refractivity contribution in [3.8, 4) is 11.5 Å². The van der Waals surface area contributed by atoms with Gasteiger partial charge in [0.1, 0.15) is 11.5 Å². The summed E-state index contributed by atoms with van der Waals surface area (Å²) < 4.78 is 11.0. The molecule has 2 aromatic carbocycles. The second-order valence-corrected chi connectivity index (χ2v) is 5.64. The van der Waals surface area contributed by atoms with Gasteiger partial charge in [0.05, 0.1) is 12.3 Å². The van der Waals surface area contributed by atoms with Gasteiger partial charge in [-0.15, -0.1) is 0 Å². The predicted molar refractivity (Wildman–Crippen MR) is 96.9 cm³/mol. The maximum Gasteiger partial charge on any atom is 0.262 e. The van der Waals surface area contributed by atoms with Gasteiger partial charge in [0.25, 0.3) is 5.91 Å². The van der Waals surface area contributed by atoms with Gasteiger partial charge in [-0.3, -0.25) is 4.79 Å². The smallest absolute Gasteiger partial charge is 0.262 e. The van der Waals surface area contributed by atoms with E-state index < -0.39 is 0 Å².